The van der Waals surface area contributed by atoms with Crippen molar-refractivity contribution < 1.29 is 4.79 Å². The summed E-state index contributed by atoms with van der Waals surface area (Å²) in [5.41, 5.74) is 1.35. The highest BCUT2D eigenvalue weighted by Gasteiger charge is 2.36. The molecule has 0 aliphatic carbocycles. The van der Waals surface area contributed by atoms with Gasteiger partial charge in [0.05, 0.1) is 17.0 Å². The van der Waals surface area contributed by atoms with Crippen LogP contribution in [-0.2, 0) is 5.41 Å². The summed E-state index contributed by atoms with van der Waals surface area (Å²) in [6, 6.07) is 16.5. The highest BCUT2D eigenvalue weighted by Crippen LogP contribution is 2.36. The molecule has 0 bridgehead atoms. The molecule has 1 amide bonds. The van der Waals surface area contributed by atoms with Gasteiger partial charge in [-0.1, -0.05) is 30.3 Å². The van der Waals surface area contributed by atoms with E-state index in [1.807, 2.05) is 35.2 Å². The predicted molar refractivity (Wildman–Crippen MR) is 112 cm³/mol. The van der Waals surface area contributed by atoms with E-state index < -0.39 is 5.41 Å². The lowest BCUT2D eigenvalue weighted by atomic mass is 9.74. The molecule has 0 atom stereocenters. The Hall–Kier alpha value is -2.58. The molecule has 0 spiro atoms. The first-order valence-corrected chi connectivity index (χ1v) is 9.69. The monoisotopic (exact) mass is 396 g/mol. The number of anilines is 1. The van der Waals surface area contributed by atoms with Gasteiger partial charge in [-0.15, -0.1) is 12.4 Å². The molecule has 0 saturated carbocycles. The standard InChI is InChI=1S/C22H24N4O.ClH/c23-17-22(19-6-2-1-3-7-19)10-14-25(15-11-22)20-9-8-18(16-24-20)21(27)26-12-4-5-13-26;/h1-3,6-9,16H,4-5,10-15H2;1H. The number of carbonyl (C=O) groups is 1. The van der Waals surface area contributed by atoms with E-state index >= 15 is 0 Å². The van der Waals surface area contributed by atoms with Crippen molar-refractivity contribution in [2.24, 2.45) is 0 Å². The first kappa shape index (κ1) is 20.2. The fourth-order valence-electron chi connectivity index (χ4n) is 4.14. The predicted octanol–water partition coefficient (Wildman–Crippen LogP) is 3.80. The van der Waals surface area contributed by atoms with Crippen LogP contribution in [0.4, 0.5) is 5.82 Å². The highest BCUT2D eigenvalue weighted by atomic mass is 35.5. The van der Waals surface area contributed by atoms with E-state index in [1.165, 1.54) is 0 Å². The Labute approximate surface area is 172 Å². The zero-order valence-corrected chi connectivity index (χ0v) is 16.7. The Morgan fingerprint density at radius 2 is 1.68 bits per heavy atom. The summed E-state index contributed by atoms with van der Waals surface area (Å²) in [6.07, 6.45) is 5.44. The van der Waals surface area contributed by atoms with Gasteiger partial charge in [0.15, 0.2) is 0 Å². The number of aromatic nitrogens is 1. The van der Waals surface area contributed by atoms with Crippen LogP contribution in [0.25, 0.3) is 0 Å². The average molecular weight is 397 g/mol. The first-order valence-electron chi connectivity index (χ1n) is 9.69. The van der Waals surface area contributed by atoms with Crippen molar-refractivity contribution in [2.75, 3.05) is 31.1 Å². The van der Waals surface area contributed by atoms with Crippen molar-refractivity contribution >= 4 is 24.1 Å². The number of hydrogen-bond donors (Lipinski definition) is 0. The van der Waals surface area contributed by atoms with E-state index in [0.717, 1.165) is 63.2 Å². The zero-order chi connectivity index (χ0) is 18.7. The quantitative estimate of drug-likeness (QED) is 0.791. The van der Waals surface area contributed by atoms with Crippen LogP contribution >= 0.6 is 12.4 Å². The van der Waals surface area contributed by atoms with Crippen molar-refractivity contribution in [3.63, 3.8) is 0 Å². The molecule has 0 N–H and O–H groups in total. The Kier molecular flexibility index (Phi) is 6.21. The molecule has 5 nitrogen and oxygen atoms in total. The van der Waals surface area contributed by atoms with Crippen LogP contribution in [0.5, 0.6) is 0 Å². The minimum absolute atomic E-state index is 0. The average Bonchev–Trinajstić information content (AvgIpc) is 3.29. The maximum Gasteiger partial charge on any atom is 0.255 e. The smallest absolute Gasteiger partial charge is 0.255 e. The third-order valence-electron chi connectivity index (χ3n) is 5.87. The number of nitrogens with zero attached hydrogens (tertiary/aromatic N) is 4. The zero-order valence-electron chi connectivity index (χ0n) is 15.9. The second kappa shape index (κ2) is 8.62. The fraction of sp³-hybridized carbons (Fsp3) is 0.409. The van der Waals surface area contributed by atoms with E-state index in [-0.39, 0.29) is 18.3 Å². The lowest BCUT2D eigenvalue weighted by Crippen LogP contribution is -2.42. The molecule has 6 heteroatoms. The van der Waals surface area contributed by atoms with Crippen LogP contribution in [0.2, 0.25) is 0 Å². The van der Waals surface area contributed by atoms with Gasteiger partial charge in [0.2, 0.25) is 0 Å². The third kappa shape index (κ3) is 3.83. The molecule has 4 rings (SSSR count). The molecule has 2 aliphatic rings. The molecular formula is C22H25ClN4O. The molecule has 2 fully saturated rings. The molecule has 146 valence electrons. The molecule has 2 aromatic rings. The number of carbonyl (C=O) groups excluding carboxylic acids is 1. The third-order valence-corrected chi connectivity index (χ3v) is 5.87. The topological polar surface area (TPSA) is 60.2 Å². The van der Waals surface area contributed by atoms with Gasteiger partial charge in [0, 0.05) is 32.4 Å². The SMILES string of the molecule is Cl.N#CC1(c2ccccc2)CCN(c2ccc(C(=O)N3CCCC3)cn2)CC1. The van der Waals surface area contributed by atoms with Crippen LogP contribution in [0.3, 0.4) is 0 Å². The summed E-state index contributed by atoms with van der Waals surface area (Å²) in [5.74, 6) is 0.963. The molecule has 2 saturated heterocycles. The summed E-state index contributed by atoms with van der Waals surface area (Å²) in [4.78, 5) is 21.1. The van der Waals surface area contributed by atoms with Crippen molar-refractivity contribution in [1.82, 2.24) is 9.88 Å². The van der Waals surface area contributed by atoms with E-state index in [1.54, 1.807) is 6.20 Å². The van der Waals surface area contributed by atoms with Gasteiger partial charge in [-0.3, -0.25) is 4.79 Å². The molecule has 0 unspecified atom stereocenters. The highest BCUT2D eigenvalue weighted by molar-refractivity contribution is 5.94. The summed E-state index contributed by atoms with van der Waals surface area (Å²) < 4.78 is 0. The summed E-state index contributed by atoms with van der Waals surface area (Å²) in [5, 5.41) is 9.83. The Balaban J connectivity index is 0.00000225. The van der Waals surface area contributed by atoms with Gasteiger partial charge in [0.25, 0.3) is 5.91 Å². The van der Waals surface area contributed by atoms with Crippen LogP contribution in [-0.4, -0.2) is 42.0 Å². The number of rotatable bonds is 3. The van der Waals surface area contributed by atoms with Gasteiger partial charge in [0.1, 0.15) is 5.82 Å². The lowest BCUT2D eigenvalue weighted by Gasteiger charge is -2.38. The molecule has 3 heterocycles. The van der Waals surface area contributed by atoms with E-state index in [2.05, 4.69) is 28.1 Å². The number of piperidine rings is 1. The van der Waals surface area contributed by atoms with Crippen LogP contribution in [0, 0.1) is 11.3 Å². The summed E-state index contributed by atoms with van der Waals surface area (Å²) in [7, 11) is 0. The molecule has 1 aromatic carbocycles. The fourth-order valence-corrected chi connectivity index (χ4v) is 4.14. The lowest BCUT2D eigenvalue weighted by molar-refractivity contribution is 0.0792. The number of likely N-dealkylation sites (tertiary alicyclic amines) is 1. The normalized spacial score (nSPS) is 18.2. The maximum absolute atomic E-state index is 12.5. The largest absolute Gasteiger partial charge is 0.356 e. The van der Waals surface area contributed by atoms with Gasteiger partial charge >= 0.3 is 0 Å². The number of nitriles is 1. The molecule has 0 radical (unpaired) electrons. The van der Waals surface area contributed by atoms with E-state index in [4.69, 9.17) is 0 Å². The summed E-state index contributed by atoms with van der Waals surface area (Å²) >= 11 is 0. The van der Waals surface area contributed by atoms with Crippen LogP contribution in [0.1, 0.15) is 41.6 Å². The second-order valence-corrected chi connectivity index (χ2v) is 7.45. The van der Waals surface area contributed by atoms with Crippen LogP contribution in [0.15, 0.2) is 48.7 Å². The number of halogens is 1. The van der Waals surface area contributed by atoms with Gasteiger partial charge < -0.3 is 9.80 Å². The maximum atomic E-state index is 12.5. The molecule has 2 aliphatic heterocycles. The Bertz CT molecular complexity index is 833. The van der Waals surface area contributed by atoms with E-state index in [9.17, 15) is 10.1 Å². The van der Waals surface area contributed by atoms with Crippen molar-refractivity contribution in [3.05, 3.63) is 59.8 Å². The van der Waals surface area contributed by atoms with Gasteiger partial charge in [-0.05, 0) is 43.4 Å². The van der Waals surface area contributed by atoms with Gasteiger partial charge in [-0.2, -0.15) is 5.26 Å². The Morgan fingerprint density at radius 3 is 2.25 bits per heavy atom. The number of pyridine rings is 1. The first-order chi connectivity index (χ1) is 13.2. The number of benzene rings is 1. The molecular weight excluding hydrogens is 372 g/mol. The van der Waals surface area contributed by atoms with Gasteiger partial charge in [-0.25, -0.2) is 4.98 Å². The van der Waals surface area contributed by atoms with E-state index in [0.29, 0.717) is 5.56 Å². The van der Waals surface area contributed by atoms with Crippen LogP contribution < -0.4 is 4.90 Å². The minimum Gasteiger partial charge on any atom is -0.356 e. The second-order valence-electron chi connectivity index (χ2n) is 7.45. The summed E-state index contributed by atoms with van der Waals surface area (Å²) in [6.45, 7) is 3.27. The Morgan fingerprint density at radius 1 is 1.00 bits per heavy atom. The molecule has 28 heavy (non-hydrogen) atoms. The van der Waals surface area contributed by atoms with Crippen molar-refractivity contribution in [2.45, 2.75) is 31.1 Å². The minimum atomic E-state index is -0.413. The van der Waals surface area contributed by atoms with Crippen molar-refractivity contribution in [3.8, 4) is 6.07 Å². The molecule has 1 aromatic heterocycles. The van der Waals surface area contributed by atoms with Crippen molar-refractivity contribution in [1.29, 1.82) is 5.26 Å². The number of amides is 1. The number of hydrogen-bond acceptors (Lipinski definition) is 4.